The quantitative estimate of drug-likeness (QED) is 0.495. The van der Waals surface area contributed by atoms with Crippen LogP contribution in [0.1, 0.15) is 40.5 Å². The highest BCUT2D eigenvalue weighted by atomic mass is 17.5. The summed E-state index contributed by atoms with van der Waals surface area (Å²) in [5.74, 6) is 0. The monoisotopic (exact) mass is 210 g/mol. The molecule has 0 saturated carbocycles. The molecule has 0 fully saturated rings. The minimum atomic E-state index is -0.634. The summed E-state index contributed by atoms with van der Waals surface area (Å²) in [4.78, 5) is 9.20. The summed E-state index contributed by atoms with van der Waals surface area (Å²) in [6, 6.07) is 0. The molecule has 0 radical (unpaired) electrons. The van der Waals surface area contributed by atoms with Gasteiger partial charge in [0, 0.05) is 0 Å². The van der Waals surface area contributed by atoms with E-state index in [9.17, 15) is 0 Å². The van der Waals surface area contributed by atoms with Crippen LogP contribution in [0.3, 0.4) is 0 Å². The average molecular weight is 210 g/mol. The summed E-state index contributed by atoms with van der Waals surface area (Å²) >= 11 is 0. The van der Waals surface area contributed by atoms with Gasteiger partial charge in [-0.2, -0.15) is 0 Å². The van der Waals surface area contributed by atoms with E-state index in [0.717, 1.165) is 0 Å². The number of hydrogen-bond donors (Lipinski definition) is 2. The van der Waals surface area contributed by atoms with Crippen LogP contribution in [0.2, 0.25) is 0 Å². The smallest absolute Gasteiger partial charge is 0.101 e. The predicted molar refractivity (Wildman–Crippen MR) is 47.0 cm³/mol. The van der Waals surface area contributed by atoms with Crippen LogP contribution in [0.4, 0.5) is 0 Å². The van der Waals surface area contributed by atoms with E-state index in [-0.39, 0.29) is 0 Å². The average Bonchev–Trinajstić information content (AvgIpc) is 2.01. The summed E-state index contributed by atoms with van der Waals surface area (Å²) < 4.78 is 0. The fourth-order valence-electron chi connectivity index (χ4n) is 0.887. The van der Waals surface area contributed by atoms with Crippen LogP contribution in [-0.2, 0) is 19.9 Å². The standard InChI is InChI=1S/C8H18O6/c1-7(2,11-13-9)5-6-8(3,4)12-14-10/h9-10H,5-6H2,1-4H3. The highest BCUT2D eigenvalue weighted by molar-refractivity contribution is 4.74. The first-order chi connectivity index (χ1) is 6.33. The molecule has 0 bridgehead atoms. The molecule has 0 aromatic carbocycles. The van der Waals surface area contributed by atoms with Crippen molar-refractivity contribution in [3.8, 4) is 0 Å². The van der Waals surface area contributed by atoms with Gasteiger partial charge in [-0.3, -0.25) is 0 Å². The van der Waals surface area contributed by atoms with Gasteiger partial charge in [-0.1, -0.05) is 10.1 Å². The summed E-state index contributed by atoms with van der Waals surface area (Å²) in [7, 11) is 0. The van der Waals surface area contributed by atoms with Crippen molar-refractivity contribution in [3.05, 3.63) is 0 Å². The number of hydrogen-bond acceptors (Lipinski definition) is 6. The molecule has 0 aromatic rings. The molecular weight excluding hydrogens is 192 g/mol. The molecule has 86 valence electrons. The second kappa shape index (κ2) is 5.59. The third-order valence-corrected chi connectivity index (χ3v) is 1.85. The molecule has 0 saturated heterocycles. The van der Waals surface area contributed by atoms with Gasteiger partial charge < -0.3 is 0 Å². The minimum absolute atomic E-state index is 0.559. The molecule has 0 unspecified atom stereocenters. The van der Waals surface area contributed by atoms with Gasteiger partial charge in [0.15, 0.2) is 0 Å². The molecule has 6 nitrogen and oxygen atoms in total. The van der Waals surface area contributed by atoms with Crippen LogP contribution in [-0.4, -0.2) is 21.7 Å². The van der Waals surface area contributed by atoms with Crippen molar-refractivity contribution in [2.24, 2.45) is 0 Å². The van der Waals surface area contributed by atoms with Crippen molar-refractivity contribution in [3.63, 3.8) is 0 Å². The summed E-state index contributed by atoms with van der Waals surface area (Å²) in [5.41, 5.74) is -1.27. The van der Waals surface area contributed by atoms with Gasteiger partial charge in [0.1, 0.15) is 11.2 Å². The van der Waals surface area contributed by atoms with E-state index in [1.807, 2.05) is 0 Å². The largest absolute Gasteiger partial charge is 0.221 e. The molecule has 0 rings (SSSR count). The highest BCUT2D eigenvalue weighted by Crippen LogP contribution is 2.24. The van der Waals surface area contributed by atoms with Crippen LogP contribution < -0.4 is 0 Å². The van der Waals surface area contributed by atoms with Gasteiger partial charge in [-0.25, -0.2) is 20.3 Å². The Kier molecular flexibility index (Phi) is 5.50. The van der Waals surface area contributed by atoms with Gasteiger partial charge in [0.05, 0.1) is 0 Å². The van der Waals surface area contributed by atoms with Crippen molar-refractivity contribution < 1.29 is 30.4 Å². The minimum Gasteiger partial charge on any atom is -0.221 e. The van der Waals surface area contributed by atoms with E-state index in [4.69, 9.17) is 10.5 Å². The zero-order valence-corrected chi connectivity index (χ0v) is 8.94. The molecular formula is C8H18O6. The molecule has 2 N–H and O–H groups in total. The van der Waals surface area contributed by atoms with Crippen molar-refractivity contribution in [1.82, 2.24) is 0 Å². The third kappa shape index (κ3) is 6.25. The molecule has 0 heterocycles. The molecule has 0 aromatic heterocycles. The lowest BCUT2D eigenvalue weighted by Gasteiger charge is -2.27. The Morgan fingerprint density at radius 2 is 1.07 bits per heavy atom. The van der Waals surface area contributed by atoms with Crippen molar-refractivity contribution in [2.45, 2.75) is 51.7 Å². The van der Waals surface area contributed by atoms with E-state index in [1.54, 1.807) is 27.7 Å². The topological polar surface area (TPSA) is 77.4 Å². The van der Waals surface area contributed by atoms with E-state index in [1.165, 1.54) is 0 Å². The first kappa shape index (κ1) is 13.8. The zero-order chi connectivity index (χ0) is 11.2. The third-order valence-electron chi connectivity index (χ3n) is 1.85. The molecule has 0 atom stereocenters. The van der Waals surface area contributed by atoms with Crippen molar-refractivity contribution in [2.75, 3.05) is 0 Å². The SMILES string of the molecule is CC(C)(CCC(C)(C)OOO)OOO. The maximum absolute atomic E-state index is 8.12. The molecule has 0 amide bonds. The van der Waals surface area contributed by atoms with E-state index in [2.05, 4.69) is 19.9 Å². The van der Waals surface area contributed by atoms with Gasteiger partial charge in [0.25, 0.3) is 0 Å². The Labute approximate surface area is 83.1 Å². The Hall–Kier alpha value is -0.240. The lowest BCUT2D eigenvalue weighted by Crippen LogP contribution is -2.31. The van der Waals surface area contributed by atoms with E-state index >= 15 is 0 Å². The van der Waals surface area contributed by atoms with Crippen LogP contribution >= 0.6 is 0 Å². The summed E-state index contributed by atoms with van der Waals surface area (Å²) in [5, 5.41) is 23.5. The lowest BCUT2D eigenvalue weighted by atomic mass is 9.94. The van der Waals surface area contributed by atoms with Gasteiger partial charge in [-0.05, 0) is 40.5 Å². The van der Waals surface area contributed by atoms with Crippen molar-refractivity contribution in [1.29, 1.82) is 0 Å². The van der Waals surface area contributed by atoms with Gasteiger partial charge >= 0.3 is 0 Å². The van der Waals surface area contributed by atoms with Gasteiger partial charge in [0.2, 0.25) is 0 Å². The second-order valence-electron chi connectivity index (χ2n) is 4.34. The van der Waals surface area contributed by atoms with Crippen LogP contribution in [0.25, 0.3) is 0 Å². The van der Waals surface area contributed by atoms with Crippen LogP contribution in [0.5, 0.6) is 0 Å². The number of rotatable bonds is 7. The first-order valence-electron chi connectivity index (χ1n) is 4.31. The molecule has 0 aliphatic rings. The van der Waals surface area contributed by atoms with Gasteiger partial charge in [-0.15, -0.1) is 0 Å². The Balaban J connectivity index is 3.90. The first-order valence-corrected chi connectivity index (χ1v) is 4.31. The highest BCUT2D eigenvalue weighted by Gasteiger charge is 2.27. The Morgan fingerprint density at radius 1 is 0.786 bits per heavy atom. The zero-order valence-electron chi connectivity index (χ0n) is 8.94. The summed E-state index contributed by atoms with van der Waals surface area (Å²) in [6.45, 7) is 7.00. The second-order valence-corrected chi connectivity index (χ2v) is 4.34. The van der Waals surface area contributed by atoms with Crippen LogP contribution in [0.15, 0.2) is 0 Å². The molecule has 0 aliphatic carbocycles. The van der Waals surface area contributed by atoms with Crippen molar-refractivity contribution >= 4 is 0 Å². The lowest BCUT2D eigenvalue weighted by molar-refractivity contribution is -0.529. The van der Waals surface area contributed by atoms with E-state index in [0.29, 0.717) is 12.8 Å². The predicted octanol–water partition coefficient (Wildman–Crippen LogP) is 2.17. The fraction of sp³-hybridized carbons (Fsp3) is 1.00. The maximum atomic E-state index is 8.12. The molecule has 0 aliphatic heterocycles. The molecule has 14 heavy (non-hydrogen) atoms. The molecule has 6 heteroatoms. The normalized spacial score (nSPS) is 13.3. The Morgan fingerprint density at radius 3 is 1.29 bits per heavy atom. The Bertz CT molecular complexity index is 138. The fourth-order valence-corrected chi connectivity index (χ4v) is 0.887. The van der Waals surface area contributed by atoms with E-state index < -0.39 is 11.2 Å². The maximum Gasteiger partial charge on any atom is 0.101 e. The summed E-state index contributed by atoms with van der Waals surface area (Å²) in [6.07, 6.45) is 1.12. The molecule has 0 spiro atoms. The van der Waals surface area contributed by atoms with Crippen LogP contribution in [0, 0.1) is 0 Å².